The number of nitrogens with zero attached hydrogens (tertiary/aromatic N) is 4. The molecule has 0 aliphatic carbocycles. The number of aromatic nitrogens is 4. The van der Waals surface area contributed by atoms with Crippen molar-refractivity contribution in [1.29, 1.82) is 0 Å². The molecule has 1 aromatic carbocycles. The second-order valence-electron chi connectivity index (χ2n) is 4.46. The van der Waals surface area contributed by atoms with Crippen molar-refractivity contribution in [2.24, 2.45) is 0 Å². The third kappa shape index (κ3) is 2.96. The average molecular weight is 316 g/mol. The lowest BCUT2D eigenvalue weighted by Gasteiger charge is -2.02. The zero-order valence-electron chi connectivity index (χ0n) is 11.6. The summed E-state index contributed by atoms with van der Waals surface area (Å²) in [6.45, 7) is 0.480. The van der Waals surface area contributed by atoms with E-state index in [-0.39, 0.29) is 4.88 Å². The Hall–Kier alpha value is -2.74. The van der Waals surface area contributed by atoms with Crippen molar-refractivity contribution in [1.82, 2.24) is 20.2 Å². The zero-order chi connectivity index (χ0) is 15.5. The summed E-state index contributed by atoms with van der Waals surface area (Å²) in [7, 11) is 1.62. The lowest BCUT2D eigenvalue weighted by atomic mass is 10.2. The van der Waals surface area contributed by atoms with Gasteiger partial charge in [-0.2, -0.15) is 4.80 Å². The fourth-order valence-corrected chi connectivity index (χ4v) is 2.65. The molecule has 0 fully saturated rings. The monoisotopic (exact) mass is 316 g/mol. The molecule has 112 valence electrons. The Morgan fingerprint density at radius 2 is 2.05 bits per heavy atom. The molecule has 8 heteroatoms. The molecule has 0 saturated heterocycles. The Morgan fingerprint density at radius 1 is 1.27 bits per heavy atom. The smallest absolute Gasteiger partial charge is 0.345 e. The molecule has 0 radical (unpaired) electrons. The molecule has 0 aliphatic rings. The summed E-state index contributed by atoms with van der Waals surface area (Å²) in [5.41, 5.74) is 1.02. The van der Waals surface area contributed by atoms with Gasteiger partial charge in [0.15, 0.2) is 0 Å². The number of tetrazole rings is 1. The number of thiophene rings is 1. The van der Waals surface area contributed by atoms with Crippen LogP contribution in [0.15, 0.2) is 36.4 Å². The van der Waals surface area contributed by atoms with Crippen molar-refractivity contribution in [3.05, 3.63) is 46.8 Å². The summed E-state index contributed by atoms with van der Waals surface area (Å²) < 4.78 is 5.11. The van der Waals surface area contributed by atoms with Gasteiger partial charge in [0.1, 0.15) is 10.6 Å². The first-order valence-corrected chi connectivity index (χ1v) is 7.21. The van der Waals surface area contributed by atoms with Crippen LogP contribution in [0.2, 0.25) is 0 Å². The fraction of sp³-hybridized carbons (Fsp3) is 0.143. The second-order valence-corrected chi connectivity index (χ2v) is 5.54. The Kier molecular flexibility index (Phi) is 3.84. The molecule has 0 bridgehead atoms. The number of hydrogen-bond acceptors (Lipinski definition) is 6. The van der Waals surface area contributed by atoms with Crippen LogP contribution in [0, 0.1) is 0 Å². The van der Waals surface area contributed by atoms with Gasteiger partial charge < -0.3 is 9.84 Å². The first-order chi connectivity index (χ1) is 10.7. The molecule has 3 aromatic rings. The van der Waals surface area contributed by atoms with Crippen LogP contribution in [0.5, 0.6) is 5.75 Å². The van der Waals surface area contributed by atoms with Gasteiger partial charge in [0.05, 0.1) is 18.5 Å². The van der Waals surface area contributed by atoms with E-state index < -0.39 is 5.97 Å². The van der Waals surface area contributed by atoms with Crippen LogP contribution in [0.25, 0.3) is 10.7 Å². The first kappa shape index (κ1) is 14.2. The Labute approximate surface area is 129 Å². The van der Waals surface area contributed by atoms with Gasteiger partial charge in [-0.15, -0.1) is 21.5 Å². The van der Waals surface area contributed by atoms with E-state index in [2.05, 4.69) is 15.4 Å². The van der Waals surface area contributed by atoms with Gasteiger partial charge in [-0.25, -0.2) is 4.79 Å². The van der Waals surface area contributed by atoms with Crippen molar-refractivity contribution in [3.8, 4) is 16.5 Å². The molecule has 22 heavy (non-hydrogen) atoms. The van der Waals surface area contributed by atoms with Crippen LogP contribution in [0.1, 0.15) is 15.2 Å². The van der Waals surface area contributed by atoms with E-state index in [1.54, 1.807) is 13.2 Å². The van der Waals surface area contributed by atoms with E-state index in [4.69, 9.17) is 9.84 Å². The first-order valence-electron chi connectivity index (χ1n) is 6.40. The number of ether oxygens (including phenoxy) is 1. The van der Waals surface area contributed by atoms with Gasteiger partial charge in [-0.05, 0) is 35.0 Å². The Bertz CT molecular complexity index is 795. The maximum atomic E-state index is 10.9. The third-order valence-corrected chi connectivity index (χ3v) is 4.04. The average Bonchev–Trinajstić information content (AvgIpc) is 3.16. The van der Waals surface area contributed by atoms with Crippen molar-refractivity contribution < 1.29 is 14.6 Å². The summed E-state index contributed by atoms with van der Waals surface area (Å²) in [6.07, 6.45) is 0. The van der Waals surface area contributed by atoms with Gasteiger partial charge >= 0.3 is 5.97 Å². The van der Waals surface area contributed by atoms with Gasteiger partial charge in [0.2, 0.25) is 5.82 Å². The highest BCUT2D eigenvalue weighted by molar-refractivity contribution is 7.17. The van der Waals surface area contributed by atoms with Crippen LogP contribution >= 0.6 is 11.3 Å². The summed E-state index contributed by atoms with van der Waals surface area (Å²) in [5, 5.41) is 21.1. The number of rotatable bonds is 5. The number of carboxylic acids is 1. The summed E-state index contributed by atoms with van der Waals surface area (Å²) in [4.78, 5) is 13.3. The molecule has 0 aliphatic heterocycles. The molecular formula is C14H12N4O3S. The third-order valence-electron chi connectivity index (χ3n) is 2.97. The number of methoxy groups -OCH3 is 1. The van der Waals surface area contributed by atoms with Crippen LogP contribution in [0.3, 0.4) is 0 Å². The standard InChI is InChI=1S/C14H12N4O3S/c1-21-10-4-2-9(3-5-10)8-18-16-13(15-17-18)11-6-7-12(22-11)14(19)20/h2-7H,8H2,1H3,(H,19,20). The van der Waals surface area contributed by atoms with Gasteiger partial charge in [-0.3, -0.25) is 0 Å². The van der Waals surface area contributed by atoms with Gasteiger partial charge in [0.25, 0.3) is 0 Å². The number of aromatic carboxylic acids is 1. The van der Waals surface area contributed by atoms with Crippen molar-refractivity contribution >= 4 is 17.3 Å². The van der Waals surface area contributed by atoms with Crippen molar-refractivity contribution in [2.75, 3.05) is 7.11 Å². The maximum Gasteiger partial charge on any atom is 0.345 e. The molecule has 0 atom stereocenters. The molecule has 3 rings (SSSR count). The summed E-state index contributed by atoms with van der Waals surface area (Å²) >= 11 is 1.12. The zero-order valence-corrected chi connectivity index (χ0v) is 12.4. The van der Waals surface area contributed by atoms with Crippen LogP contribution < -0.4 is 4.74 Å². The molecule has 0 amide bonds. The lowest BCUT2D eigenvalue weighted by Crippen LogP contribution is -2.03. The van der Waals surface area contributed by atoms with E-state index in [1.165, 1.54) is 10.9 Å². The largest absolute Gasteiger partial charge is 0.497 e. The highest BCUT2D eigenvalue weighted by Crippen LogP contribution is 2.24. The number of carbonyl (C=O) groups is 1. The van der Waals surface area contributed by atoms with Crippen LogP contribution in [-0.4, -0.2) is 38.4 Å². The Balaban J connectivity index is 1.76. The maximum absolute atomic E-state index is 10.9. The Morgan fingerprint density at radius 3 is 2.68 bits per heavy atom. The molecule has 7 nitrogen and oxygen atoms in total. The molecule has 0 unspecified atom stereocenters. The van der Waals surface area contributed by atoms with E-state index in [9.17, 15) is 4.79 Å². The lowest BCUT2D eigenvalue weighted by molar-refractivity contribution is 0.0702. The number of hydrogen-bond donors (Lipinski definition) is 1. The van der Waals surface area contributed by atoms with Crippen molar-refractivity contribution in [2.45, 2.75) is 6.54 Å². The number of benzene rings is 1. The summed E-state index contributed by atoms with van der Waals surface area (Å²) in [5.74, 6) is 0.253. The minimum atomic E-state index is -0.957. The predicted molar refractivity (Wildman–Crippen MR) is 80.2 cm³/mol. The van der Waals surface area contributed by atoms with Gasteiger partial charge in [-0.1, -0.05) is 12.1 Å². The highest BCUT2D eigenvalue weighted by atomic mass is 32.1. The second kappa shape index (κ2) is 5.94. The van der Waals surface area contributed by atoms with Crippen LogP contribution in [-0.2, 0) is 6.54 Å². The summed E-state index contributed by atoms with van der Waals surface area (Å²) in [6, 6.07) is 10.8. The van der Waals surface area contributed by atoms with E-state index in [1.807, 2.05) is 24.3 Å². The van der Waals surface area contributed by atoms with Crippen molar-refractivity contribution in [3.63, 3.8) is 0 Å². The highest BCUT2D eigenvalue weighted by Gasteiger charge is 2.12. The molecule has 1 N–H and O–H groups in total. The fourth-order valence-electron chi connectivity index (χ4n) is 1.88. The van der Waals surface area contributed by atoms with E-state index in [0.29, 0.717) is 17.2 Å². The topological polar surface area (TPSA) is 90.1 Å². The molecule has 2 aromatic heterocycles. The predicted octanol–water partition coefficient (Wildman–Crippen LogP) is 2.16. The minimum absolute atomic E-state index is 0.251. The molecule has 2 heterocycles. The quantitative estimate of drug-likeness (QED) is 0.775. The van der Waals surface area contributed by atoms with Gasteiger partial charge in [0, 0.05) is 0 Å². The molecule has 0 spiro atoms. The molecular weight excluding hydrogens is 304 g/mol. The van der Waals surface area contributed by atoms with E-state index >= 15 is 0 Å². The van der Waals surface area contributed by atoms with E-state index in [0.717, 1.165) is 22.6 Å². The number of carboxylic acid groups (broad SMARTS) is 1. The SMILES string of the molecule is COc1ccc(Cn2nnc(-c3ccc(C(=O)O)s3)n2)cc1. The minimum Gasteiger partial charge on any atom is -0.497 e. The van der Waals surface area contributed by atoms with Crippen LogP contribution in [0.4, 0.5) is 0 Å². The normalized spacial score (nSPS) is 10.6. The molecule has 0 saturated carbocycles.